The third-order valence-corrected chi connectivity index (χ3v) is 5.30. The van der Waals surface area contributed by atoms with E-state index < -0.39 is 50.0 Å². The summed E-state index contributed by atoms with van der Waals surface area (Å²) < 4.78 is 84.7. The number of esters is 1. The first-order valence-electron chi connectivity index (χ1n) is 8.88. The van der Waals surface area contributed by atoms with Crippen molar-refractivity contribution in [3.63, 3.8) is 0 Å². The van der Waals surface area contributed by atoms with E-state index in [4.69, 9.17) is 4.74 Å². The van der Waals surface area contributed by atoms with Crippen LogP contribution < -0.4 is 10.0 Å². The van der Waals surface area contributed by atoms with Gasteiger partial charge in [0.25, 0.3) is 15.9 Å². The maximum atomic E-state index is 13.3. The highest BCUT2D eigenvalue weighted by Crippen LogP contribution is 2.36. The first kappa shape index (κ1) is 24.1. The minimum absolute atomic E-state index is 0.143. The van der Waals surface area contributed by atoms with Gasteiger partial charge in [-0.3, -0.25) is 14.3 Å². The molecule has 168 valence electrons. The van der Waals surface area contributed by atoms with E-state index in [1.165, 1.54) is 12.1 Å². The van der Waals surface area contributed by atoms with Crippen molar-refractivity contribution in [2.75, 3.05) is 17.9 Å². The zero-order chi connectivity index (χ0) is 23.2. The number of benzene rings is 2. The fourth-order valence-electron chi connectivity index (χ4n) is 2.53. The number of alkyl halides is 3. The molecule has 1 amide bonds. The Bertz CT molecular complexity index is 1070. The molecule has 0 heterocycles. The maximum Gasteiger partial charge on any atom is 0.418 e. The van der Waals surface area contributed by atoms with Crippen molar-refractivity contribution in [3.8, 4) is 0 Å². The van der Waals surface area contributed by atoms with Crippen molar-refractivity contribution in [1.29, 1.82) is 0 Å². The van der Waals surface area contributed by atoms with Crippen LogP contribution >= 0.6 is 0 Å². The van der Waals surface area contributed by atoms with E-state index >= 15 is 0 Å². The molecule has 0 aliphatic carbocycles. The molecule has 0 aliphatic heterocycles. The van der Waals surface area contributed by atoms with Crippen molar-refractivity contribution in [3.05, 3.63) is 59.4 Å². The second-order valence-electron chi connectivity index (χ2n) is 6.10. The molecule has 2 N–H and O–H groups in total. The molecular formula is C19H18F4N2O5S. The Morgan fingerprint density at radius 2 is 1.77 bits per heavy atom. The molecule has 7 nitrogen and oxygen atoms in total. The Morgan fingerprint density at radius 1 is 1.10 bits per heavy atom. The number of ether oxygens (including phenoxy) is 1. The molecule has 2 aromatic carbocycles. The number of carbonyl (C=O) groups is 2. The van der Waals surface area contributed by atoms with E-state index in [-0.39, 0.29) is 31.2 Å². The zero-order valence-corrected chi connectivity index (χ0v) is 16.9. The van der Waals surface area contributed by atoms with Crippen LogP contribution in [0.4, 0.5) is 23.2 Å². The summed E-state index contributed by atoms with van der Waals surface area (Å²) in [4.78, 5) is 23.1. The summed E-state index contributed by atoms with van der Waals surface area (Å²) >= 11 is 0. The van der Waals surface area contributed by atoms with Gasteiger partial charge in [-0.2, -0.15) is 13.2 Å². The molecule has 0 aromatic heterocycles. The molecular weight excluding hydrogens is 444 g/mol. The van der Waals surface area contributed by atoms with Crippen molar-refractivity contribution in [2.24, 2.45) is 0 Å². The number of anilines is 1. The van der Waals surface area contributed by atoms with Gasteiger partial charge in [0.05, 0.1) is 29.8 Å². The summed E-state index contributed by atoms with van der Waals surface area (Å²) in [7, 11) is -4.66. The summed E-state index contributed by atoms with van der Waals surface area (Å²) in [6.07, 6.45) is -5.18. The lowest BCUT2D eigenvalue weighted by molar-refractivity contribution is -0.143. The maximum absolute atomic E-state index is 13.3. The van der Waals surface area contributed by atoms with Gasteiger partial charge in [0.1, 0.15) is 10.7 Å². The van der Waals surface area contributed by atoms with Crippen LogP contribution in [0.2, 0.25) is 0 Å². The van der Waals surface area contributed by atoms with Gasteiger partial charge in [0.15, 0.2) is 0 Å². The summed E-state index contributed by atoms with van der Waals surface area (Å²) in [6, 6.07) is 6.28. The highest BCUT2D eigenvalue weighted by atomic mass is 32.2. The molecule has 31 heavy (non-hydrogen) atoms. The number of hydrogen-bond donors (Lipinski definition) is 2. The number of nitrogens with one attached hydrogen (secondary N) is 2. The molecule has 2 rings (SSSR count). The smallest absolute Gasteiger partial charge is 0.418 e. The van der Waals surface area contributed by atoms with E-state index in [1.807, 2.05) is 0 Å². The molecule has 0 saturated carbocycles. The number of rotatable bonds is 8. The van der Waals surface area contributed by atoms with Crippen LogP contribution in [0.3, 0.4) is 0 Å². The van der Waals surface area contributed by atoms with E-state index in [2.05, 4.69) is 5.32 Å². The molecule has 0 unspecified atom stereocenters. The van der Waals surface area contributed by atoms with Crippen molar-refractivity contribution in [1.82, 2.24) is 5.32 Å². The minimum atomic E-state index is -5.02. The molecule has 2 aromatic rings. The summed E-state index contributed by atoms with van der Waals surface area (Å²) in [6.45, 7) is 1.62. The highest BCUT2D eigenvalue weighted by Gasteiger charge is 2.35. The van der Waals surface area contributed by atoms with Gasteiger partial charge in [-0.1, -0.05) is 12.1 Å². The van der Waals surface area contributed by atoms with E-state index in [0.29, 0.717) is 12.1 Å². The monoisotopic (exact) mass is 462 g/mol. The molecule has 0 fully saturated rings. The predicted molar refractivity (Wildman–Crippen MR) is 102 cm³/mol. The number of amides is 1. The second-order valence-corrected chi connectivity index (χ2v) is 7.75. The lowest BCUT2D eigenvalue weighted by Crippen LogP contribution is -2.29. The summed E-state index contributed by atoms with van der Waals surface area (Å²) in [5.41, 5.74) is -2.77. The van der Waals surface area contributed by atoms with Crippen LogP contribution in [0, 0.1) is 5.82 Å². The summed E-state index contributed by atoms with van der Waals surface area (Å²) in [5.74, 6) is -2.63. The van der Waals surface area contributed by atoms with Gasteiger partial charge in [-0.05, 0) is 37.3 Å². The number of halogens is 4. The Labute approximate surface area is 175 Å². The van der Waals surface area contributed by atoms with Gasteiger partial charge in [-0.25, -0.2) is 12.8 Å². The largest absolute Gasteiger partial charge is 0.466 e. The standard InChI is InChI=1S/C19H18F4N2O5S/c1-2-30-17(26)9-10-24-18(27)13-5-3-4-6-16(13)31(28,29)25-15-8-7-12(20)11-14(15)19(21,22)23/h3-8,11,25H,2,9-10H2,1H3,(H,24,27). The molecule has 0 bridgehead atoms. The lowest BCUT2D eigenvalue weighted by Gasteiger charge is -2.16. The molecule has 0 spiro atoms. The van der Waals surface area contributed by atoms with E-state index in [9.17, 15) is 35.6 Å². The number of sulfonamides is 1. The van der Waals surface area contributed by atoms with Gasteiger partial charge in [0, 0.05) is 6.54 Å². The van der Waals surface area contributed by atoms with Crippen LogP contribution in [0.15, 0.2) is 47.4 Å². The number of hydrogen-bond acceptors (Lipinski definition) is 5. The summed E-state index contributed by atoms with van der Waals surface area (Å²) in [5, 5.41) is 2.35. The fourth-order valence-corrected chi connectivity index (χ4v) is 3.82. The van der Waals surface area contributed by atoms with Crippen molar-refractivity contribution in [2.45, 2.75) is 24.4 Å². The Balaban J connectivity index is 2.29. The van der Waals surface area contributed by atoms with Gasteiger partial charge in [0.2, 0.25) is 0 Å². The van der Waals surface area contributed by atoms with Crippen LogP contribution in [0.1, 0.15) is 29.3 Å². The average Bonchev–Trinajstić information content (AvgIpc) is 2.68. The Hall–Kier alpha value is -3.15. The SMILES string of the molecule is CCOC(=O)CCNC(=O)c1ccccc1S(=O)(=O)Nc1ccc(F)cc1C(F)(F)F. The predicted octanol–water partition coefficient (Wildman–Crippen LogP) is 3.33. The van der Waals surface area contributed by atoms with Crippen LogP contribution in [0.5, 0.6) is 0 Å². The van der Waals surface area contributed by atoms with Gasteiger partial charge >= 0.3 is 12.1 Å². The third kappa shape index (κ3) is 6.41. The molecule has 0 radical (unpaired) electrons. The van der Waals surface area contributed by atoms with E-state index in [1.54, 1.807) is 11.6 Å². The molecule has 0 atom stereocenters. The fraction of sp³-hybridized carbons (Fsp3) is 0.263. The Morgan fingerprint density at radius 3 is 2.42 bits per heavy atom. The lowest BCUT2D eigenvalue weighted by atomic mass is 10.2. The zero-order valence-electron chi connectivity index (χ0n) is 16.1. The first-order valence-corrected chi connectivity index (χ1v) is 10.4. The molecule has 12 heteroatoms. The van der Waals surface area contributed by atoms with Gasteiger partial charge < -0.3 is 10.1 Å². The Kier molecular flexibility index (Phi) is 7.60. The molecule has 0 aliphatic rings. The van der Waals surface area contributed by atoms with Crippen LogP contribution in [-0.4, -0.2) is 33.4 Å². The number of carbonyl (C=O) groups excluding carboxylic acids is 2. The topological polar surface area (TPSA) is 102 Å². The van der Waals surface area contributed by atoms with Gasteiger partial charge in [-0.15, -0.1) is 0 Å². The van der Waals surface area contributed by atoms with Crippen LogP contribution in [0.25, 0.3) is 0 Å². The van der Waals surface area contributed by atoms with Crippen molar-refractivity contribution < 1.29 is 40.3 Å². The quantitative estimate of drug-likeness (QED) is 0.463. The van der Waals surface area contributed by atoms with E-state index in [0.717, 1.165) is 12.1 Å². The average molecular weight is 462 g/mol. The first-order chi connectivity index (χ1) is 14.5. The minimum Gasteiger partial charge on any atom is -0.466 e. The normalized spacial score (nSPS) is 11.6. The highest BCUT2D eigenvalue weighted by molar-refractivity contribution is 7.92. The molecule has 0 saturated heterocycles. The second kappa shape index (κ2) is 9.77. The third-order valence-electron chi connectivity index (χ3n) is 3.87. The van der Waals surface area contributed by atoms with Crippen LogP contribution in [-0.2, 0) is 25.7 Å². The van der Waals surface area contributed by atoms with Crippen molar-refractivity contribution >= 4 is 27.6 Å².